The van der Waals surface area contributed by atoms with E-state index in [-0.39, 0.29) is 0 Å². The van der Waals surface area contributed by atoms with Gasteiger partial charge in [-0.1, -0.05) is 6.92 Å². The molecule has 0 bridgehead atoms. The van der Waals surface area contributed by atoms with Crippen LogP contribution in [0.3, 0.4) is 0 Å². The van der Waals surface area contributed by atoms with Gasteiger partial charge >= 0.3 is 0 Å². The van der Waals surface area contributed by atoms with E-state index in [1.165, 1.54) is 0 Å². The zero-order chi connectivity index (χ0) is 20.4. The number of nitrogens with one attached hydrogen (secondary N) is 2. The number of aliphatic imine (C=N–C) groups is 1. The predicted molar refractivity (Wildman–Crippen MR) is 108 cm³/mol. The predicted octanol–water partition coefficient (Wildman–Crippen LogP) is 1.62. The minimum absolute atomic E-state index is 0.401. The maximum absolute atomic E-state index is 5.49. The summed E-state index contributed by atoms with van der Waals surface area (Å²) in [5.41, 5.74) is 0.857. The van der Waals surface area contributed by atoms with Crippen molar-refractivity contribution in [3.63, 3.8) is 0 Å². The van der Waals surface area contributed by atoms with Gasteiger partial charge in [-0.3, -0.25) is 0 Å². The first kappa shape index (κ1) is 21.3. The van der Waals surface area contributed by atoms with Crippen molar-refractivity contribution in [1.29, 1.82) is 0 Å². The zero-order valence-corrected chi connectivity index (χ0v) is 17.3. The monoisotopic (exact) mass is 390 g/mol. The van der Waals surface area contributed by atoms with Crippen molar-refractivity contribution in [3.05, 3.63) is 29.8 Å². The molecule has 9 nitrogen and oxygen atoms in total. The van der Waals surface area contributed by atoms with Crippen molar-refractivity contribution in [2.75, 3.05) is 34.4 Å². The van der Waals surface area contributed by atoms with Gasteiger partial charge in [0.1, 0.15) is 29.4 Å². The van der Waals surface area contributed by atoms with Crippen LogP contribution in [0.5, 0.6) is 17.2 Å². The third-order valence-corrected chi connectivity index (χ3v) is 4.21. The molecule has 0 aliphatic heterocycles. The highest BCUT2D eigenvalue weighted by atomic mass is 16.5. The molecule has 0 saturated carbocycles. The Morgan fingerprint density at radius 2 is 1.79 bits per heavy atom. The molecule has 1 aromatic heterocycles. The van der Waals surface area contributed by atoms with E-state index in [2.05, 4.69) is 32.7 Å². The average Bonchev–Trinajstić information content (AvgIpc) is 3.18. The van der Waals surface area contributed by atoms with E-state index in [4.69, 9.17) is 14.2 Å². The van der Waals surface area contributed by atoms with Crippen LogP contribution in [0.4, 0.5) is 0 Å². The van der Waals surface area contributed by atoms with Gasteiger partial charge in [-0.25, -0.2) is 4.99 Å². The van der Waals surface area contributed by atoms with Gasteiger partial charge in [0.15, 0.2) is 5.96 Å². The summed E-state index contributed by atoms with van der Waals surface area (Å²) in [6.07, 6.45) is 2.60. The lowest BCUT2D eigenvalue weighted by molar-refractivity contribution is 0.369. The second-order valence-corrected chi connectivity index (χ2v) is 5.93. The van der Waals surface area contributed by atoms with Crippen molar-refractivity contribution < 1.29 is 14.2 Å². The van der Waals surface area contributed by atoms with Crippen LogP contribution in [-0.4, -0.2) is 55.1 Å². The molecule has 9 heteroatoms. The highest BCUT2D eigenvalue weighted by molar-refractivity contribution is 5.79. The van der Waals surface area contributed by atoms with Crippen molar-refractivity contribution in [1.82, 2.24) is 25.4 Å². The lowest BCUT2D eigenvalue weighted by atomic mass is 10.1. The summed E-state index contributed by atoms with van der Waals surface area (Å²) in [6, 6.07) is 3.65. The van der Waals surface area contributed by atoms with Gasteiger partial charge in [-0.05, 0) is 6.92 Å². The number of aryl methyl sites for hydroxylation is 1. The van der Waals surface area contributed by atoms with Crippen LogP contribution in [0.15, 0.2) is 23.5 Å². The molecule has 0 spiro atoms. The quantitative estimate of drug-likeness (QED) is 0.470. The van der Waals surface area contributed by atoms with Gasteiger partial charge in [-0.15, -0.1) is 10.2 Å². The maximum Gasteiger partial charge on any atom is 0.191 e. The molecule has 0 unspecified atom stereocenters. The lowest BCUT2D eigenvalue weighted by Gasteiger charge is -2.15. The van der Waals surface area contributed by atoms with E-state index in [9.17, 15) is 0 Å². The molecule has 0 aliphatic rings. The van der Waals surface area contributed by atoms with Crippen LogP contribution in [0.2, 0.25) is 0 Å². The largest absolute Gasteiger partial charge is 0.496 e. The van der Waals surface area contributed by atoms with Crippen LogP contribution in [-0.2, 0) is 19.5 Å². The molecule has 2 aromatic rings. The van der Waals surface area contributed by atoms with Gasteiger partial charge in [0.05, 0.1) is 33.4 Å². The molecule has 0 amide bonds. The van der Waals surface area contributed by atoms with E-state index < -0.39 is 0 Å². The van der Waals surface area contributed by atoms with Gasteiger partial charge in [0.25, 0.3) is 0 Å². The summed E-state index contributed by atoms with van der Waals surface area (Å²) in [4.78, 5) is 4.67. The molecule has 0 fully saturated rings. The highest BCUT2D eigenvalue weighted by Crippen LogP contribution is 2.34. The molecule has 28 heavy (non-hydrogen) atoms. The number of aromatic nitrogens is 3. The minimum Gasteiger partial charge on any atom is -0.496 e. The maximum atomic E-state index is 5.49. The fourth-order valence-electron chi connectivity index (χ4n) is 2.77. The van der Waals surface area contributed by atoms with Gasteiger partial charge < -0.3 is 29.4 Å². The number of benzene rings is 1. The van der Waals surface area contributed by atoms with Crippen LogP contribution in [0.25, 0.3) is 0 Å². The smallest absolute Gasteiger partial charge is 0.191 e. The Hall–Kier alpha value is -2.97. The third-order valence-electron chi connectivity index (χ3n) is 4.21. The average molecular weight is 390 g/mol. The Bertz CT molecular complexity index is 750. The molecule has 154 valence electrons. The molecular weight excluding hydrogens is 360 g/mol. The number of guanidine groups is 1. The normalized spacial score (nSPS) is 11.2. The van der Waals surface area contributed by atoms with Gasteiger partial charge in [-0.2, -0.15) is 0 Å². The molecule has 2 rings (SSSR count). The van der Waals surface area contributed by atoms with Crippen molar-refractivity contribution in [2.24, 2.45) is 4.99 Å². The van der Waals surface area contributed by atoms with E-state index in [0.29, 0.717) is 36.3 Å². The van der Waals surface area contributed by atoms with E-state index in [0.717, 1.165) is 30.9 Å². The van der Waals surface area contributed by atoms with Crippen molar-refractivity contribution in [2.45, 2.75) is 33.4 Å². The van der Waals surface area contributed by atoms with Gasteiger partial charge in [0, 0.05) is 38.2 Å². The van der Waals surface area contributed by atoms with Crippen LogP contribution in [0.1, 0.15) is 25.2 Å². The number of rotatable bonds is 10. The summed E-state index contributed by atoms with van der Waals surface area (Å²) < 4.78 is 18.3. The fraction of sp³-hybridized carbons (Fsp3) is 0.526. The number of ether oxygens (including phenoxy) is 3. The second-order valence-electron chi connectivity index (χ2n) is 5.93. The summed E-state index contributed by atoms with van der Waals surface area (Å²) in [5, 5.41) is 14.6. The third kappa shape index (κ3) is 5.51. The van der Waals surface area contributed by atoms with Crippen molar-refractivity contribution in [3.8, 4) is 17.2 Å². The van der Waals surface area contributed by atoms with Crippen LogP contribution >= 0.6 is 0 Å². The molecule has 0 aliphatic carbocycles. The fourth-order valence-corrected chi connectivity index (χ4v) is 2.77. The molecule has 0 atom stereocenters. The number of nitrogens with zero attached hydrogens (tertiary/aromatic N) is 4. The first-order valence-corrected chi connectivity index (χ1v) is 9.34. The zero-order valence-electron chi connectivity index (χ0n) is 17.3. The molecule has 1 heterocycles. The van der Waals surface area contributed by atoms with Crippen LogP contribution in [0, 0.1) is 0 Å². The summed E-state index contributed by atoms with van der Waals surface area (Å²) in [7, 11) is 4.85. The topological polar surface area (TPSA) is 94.8 Å². The Kier molecular flexibility index (Phi) is 8.38. The van der Waals surface area contributed by atoms with E-state index in [1.54, 1.807) is 27.7 Å². The Morgan fingerprint density at radius 1 is 1.07 bits per heavy atom. The van der Waals surface area contributed by atoms with Gasteiger partial charge in [0.2, 0.25) is 0 Å². The van der Waals surface area contributed by atoms with E-state index >= 15 is 0 Å². The summed E-state index contributed by atoms with van der Waals surface area (Å²) >= 11 is 0. The molecule has 2 N–H and O–H groups in total. The Morgan fingerprint density at radius 3 is 2.36 bits per heavy atom. The standard InChI is InChI=1S/C19H30N6O3/c1-6-18-24-23-13-25(18)9-8-21-19(20-7-2)22-12-15-16(27-4)10-14(26-3)11-17(15)28-5/h10-11,13H,6-9,12H2,1-5H3,(H2,20,21,22). The van der Waals surface area contributed by atoms with E-state index in [1.807, 2.05) is 23.6 Å². The van der Waals surface area contributed by atoms with Crippen molar-refractivity contribution >= 4 is 5.96 Å². The van der Waals surface area contributed by atoms with Crippen LogP contribution < -0.4 is 24.8 Å². The Balaban J connectivity index is 2.09. The summed E-state index contributed by atoms with van der Waals surface area (Å²) in [5.74, 6) is 3.71. The molecule has 0 saturated heterocycles. The number of hydrogen-bond donors (Lipinski definition) is 2. The number of methoxy groups -OCH3 is 3. The SMILES string of the molecule is CCNC(=NCc1c(OC)cc(OC)cc1OC)NCCn1cnnc1CC. The molecular formula is C19H30N6O3. The number of hydrogen-bond acceptors (Lipinski definition) is 6. The highest BCUT2D eigenvalue weighted by Gasteiger charge is 2.13. The summed E-state index contributed by atoms with van der Waals surface area (Å²) in [6.45, 7) is 6.72. The lowest BCUT2D eigenvalue weighted by Crippen LogP contribution is -2.39. The first-order chi connectivity index (χ1) is 13.7. The molecule has 1 aromatic carbocycles. The second kappa shape index (κ2) is 11.0. The first-order valence-electron chi connectivity index (χ1n) is 9.34. The molecule has 0 radical (unpaired) electrons. The Labute approximate surface area is 166 Å². The minimum atomic E-state index is 0.401.